The molecule has 2 heterocycles. The number of hydrogen-bond acceptors (Lipinski definition) is 5. The molecule has 1 saturated heterocycles. The van der Waals surface area contributed by atoms with E-state index in [0.29, 0.717) is 6.61 Å². The van der Waals surface area contributed by atoms with Gasteiger partial charge >= 0.3 is 0 Å². The molecule has 1 fully saturated rings. The van der Waals surface area contributed by atoms with Gasteiger partial charge in [0.2, 0.25) is 0 Å². The first-order chi connectivity index (χ1) is 11.7. The number of nitrogens with one attached hydrogen (secondary N) is 1. The summed E-state index contributed by atoms with van der Waals surface area (Å²) >= 11 is 3.48. The van der Waals surface area contributed by atoms with E-state index in [4.69, 9.17) is 15.2 Å². The molecule has 2 aliphatic heterocycles. The monoisotopic (exact) mass is 393 g/mol. The van der Waals surface area contributed by atoms with Crippen molar-refractivity contribution in [3.05, 3.63) is 40.5 Å². The number of methoxy groups -OCH3 is 1. The van der Waals surface area contributed by atoms with Crippen LogP contribution in [0.4, 0.5) is 0 Å². The molecular weight excluding hydrogens is 370 g/mol. The first kappa shape index (κ1) is 17.3. The van der Waals surface area contributed by atoms with Gasteiger partial charge in [0.25, 0.3) is 0 Å². The van der Waals surface area contributed by atoms with Crippen LogP contribution in [0.3, 0.4) is 0 Å². The minimum atomic E-state index is -0.191. The van der Waals surface area contributed by atoms with E-state index < -0.39 is 0 Å². The quantitative estimate of drug-likeness (QED) is 0.777. The van der Waals surface area contributed by atoms with Crippen LogP contribution in [0.2, 0.25) is 0 Å². The van der Waals surface area contributed by atoms with Gasteiger partial charge in [0.05, 0.1) is 7.11 Å². The fourth-order valence-electron chi connectivity index (χ4n) is 2.96. The Morgan fingerprint density at radius 3 is 2.79 bits per heavy atom. The zero-order valence-electron chi connectivity index (χ0n) is 13.9. The third-order valence-corrected chi connectivity index (χ3v) is 5.09. The molecule has 1 atom stereocenters. The lowest BCUT2D eigenvalue weighted by Crippen LogP contribution is -2.35. The van der Waals surface area contributed by atoms with E-state index in [-0.39, 0.29) is 6.17 Å². The number of dihydropyridines is 1. The molecule has 1 unspecified atom stereocenters. The molecule has 0 radical (unpaired) electrons. The van der Waals surface area contributed by atoms with Crippen molar-refractivity contribution in [2.75, 3.05) is 33.4 Å². The summed E-state index contributed by atoms with van der Waals surface area (Å²) in [6.07, 6.45) is 6.34. The van der Waals surface area contributed by atoms with Gasteiger partial charge in [-0.1, -0.05) is 22.0 Å². The van der Waals surface area contributed by atoms with Gasteiger partial charge in [0.1, 0.15) is 12.8 Å². The largest absolute Gasteiger partial charge is 0.493 e. The summed E-state index contributed by atoms with van der Waals surface area (Å²) in [5.74, 6) is 1.53. The minimum absolute atomic E-state index is 0.191. The number of benzene rings is 1. The number of likely N-dealkylation sites (tertiary alicyclic amines) is 1. The van der Waals surface area contributed by atoms with Crippen LogP contribution in [-0.2, 0) is 0 Å². The summed E-state index contributed by atoms with van der Waals surface area (Å²) in [5, 5.41) is 3.12. The van der Waals surface area contributed by atoms with Crippen LogP contribution in [0.15, 0.2) is 35.0 Å². The van der Waals surface area contributed by atoms with Gasteiger partial charge in [-0.25, -0.2) is 0 Å². The molecule has 3 N–H and O–H groups in total. The molecule has 0 saturated carbocycles. The standard InChI is InChI=1S/C18H24BrN3O2/c1-23-17-11-13(14-10-15(19)18(20)21-12-14)4-5-16(17)24-9-8-22-6-2-3-7-22/h4-5,10-12,18,21H,2-3,6-9,20H2,1H3. The summed E-state index contributed by atoms with van der Waals surface area (Å²) in [7, 11) is 1.67. The third-order valence-electron chi connectivity index (χ3n) is 4.37. The lowest BCUT2D eigenvalue weighted by Gasteiger charge is -2.20. The fourth-order valence-corrected chi connectivity index (χ4v) is 3.34. The van der Waals surface area contributed by atoms with E-state index in [0.717, 1.165) is 33.7 Å². The summed E-state index contributed by atoms with van der Waals surface area (Å²) in [5.41, 5.74) is 7.98. The second-order valence-corrected chi connectivity index (χ2v) is 6.95. The highest BCUT2D eigenvalue weighted by Crippen LogP contribution is 2.32. The molecule has 3 rings (SSSR count). The van der Waals surface area contributed by atoms with Crippen LogP contribution in [0.25, 0.3) is 5.57 Å². The normalized spacial score (nSPS) is 21.0. The van der Waals surface area contributed by atoms with Crippen LogP contribution in [-0.4, -0.2) is 44.4 Å². The molecule has 130 valence electrons. The van der Waals surface area contributed by atoms with Crippen molar-refractivity contribution in [1.82, 2.24) is 10.2 Å². The lowest BCUT2D eigenvalue weighted by molar-refractivity contribution is 0.230. The highest BCUT2D eigenvalue weighted by Gasteiger charge is 2.15. The number of hydrogen-bond donors (Lipinski definition) is 2. The Labute approximate surface area is 151 Å². The van der Waals surface area contributed by atoms with Gasteiger partial charge in [-0.2, -0.15) is 0 Å². The Hall–Kier alpha value is -1.50. The molecule has 24 heavy (non-hydrogen) atoms. The van der Waals surface area contributed by atoms with Crippen molar-refractivity contribution in [2.45, 2.75) is 19.0 Å². The van der Waals surface area contributed by atoms with E-state index in [1.807, 2.05) is 30.5 Å². The van der Waals surface area contributed by atoms with Gasteiger partial charge in [0, 0.05) is 17.2 Å². The van der Waals surface area contributed by atoms with E-state index in [9.17, 15) is 0 Å². The van der Waals surface area contributed by atoms with Crippen LogP contribution < -0.4 is 20.5 Å². The average molecular weight is 394 g/mol. The Kier molecular flexibility index (Phi) is 5.81. The van der Waals surface area contributed by atoms with Crippen molar-refractivity contribution in [2.24, 2.45) is 5.73 Å². The smallest absolute Gasteiger partial charge is 0.161 e. The van der Waals surface area contributed by atoms with Gasteiger partial charge < -0.3 is 20.5 Å². The summed E-state index contributed by atoms with van der Waals surface area (Å²) in [6.45, 7) is 4.02. The molecule has 0 aliphatic carbocycles. The van der Waals surface area contributed by atoms with Crippen LogP contribution >= 0.6 is 15.9 Å². The Balaban J connectivity index is 1.66. The van der Waals surface area contributed by atoms with Crippen molar-refractivity contribution in [3.8, 4) is 11.5 Å². The predicted octanol–water partition coefficient (Wildman–Crippen LogP) is 2.68. The zero-order chi connectivity index (χ0) is 16.9. The van der Waals surface area contributed by atoms with E-state index in [1.54, 1.807) is 7.11 Å². The first-order valence-electron chi connectivity index (χ1n) is 8.30. The van der Waals surface area contributed by atoms with Crippen LogP contribution in [0.1, 0.15) is 18.4 Å². The van der Waals surface area contributed by atoms with Crippen LogP contribution in [0, 0.1) is 0 Å². The van der Waals surface area contributed by atoms with Gasteiger partial charge in [0.15, 0.2) is 11.5 Å². The maximum atomic E-state index is 5.92. The van der Waals surface area contributed by atoms with Crippen LogP contribution in [0.5, 0.6) is 11.5 Å². The Bertz CT molecular complexity index is 639. The highest BCUT2D eigenvalue weighted by molar-refractivity contribution is 9.11. The number of nitrogens with two attached hydrogens (primary N) is 1. The topological polar surface area (TPSA) is 59.8 Å². The van der Waals surface area contributed by atoms with E-state index in [2.05, 4.69) is 26.1 Å². The second-order valence-electron chi connectivity index (χ2n) is 6.04. The summed E-state index contributed by atoms with van der Waals surface area (Å²) in [6, 6.07) is 6.00. The number of ether oxygens (including phenoxy) is 2. The molecule has 0 spiro atoms. The van der Waals surface area contributed by atoms with Gasteiger partial charge in [-0.15, -0.1) is 0 Å². The van der Waals surface area contributed by atoms with E-state index in [1.165, 1.54) is 25.9 Å². The molecule has 0 bridgehead atoms. The predicted molar refractivity (Wildman–Crippen MR) is 100 cm³/mol. The second kappa shape index (κ2) is 8.05. The van der Waals surface area contributed by atoms with Crippen molar-refractivity contribution >= 4 is 21.5 Å². The van der Waals surface area contributed by atoms with Gasteiger partial charge in [-0.05, 0) is 55.3 Å². The lowest BCUT2D eigenvalue weighted by atomic mass is 10.0. The number of allylic oxidation sites excluding steroid dienone is 2. The van der Waals surface area contributed by atoms with E-state index >= 15 is 0 Å². The number of rotatable bonds is 6. The van der Waals surface area contributed by atoms with Crippen molar-refractivity contribution < 1.29 is 9.47 Å². The fraction of sp³-hybridized carbons (Fsp3) is 0.444. The Morgan fingerprint density at radius 1 is 1.29 bits per heavy atom. The molecule has 5 nitrogen and oxygen atoms in total. The summed E-state index contributed by atoms with van der Waals surface area (Å²) in [4.78, 5) is 2.44. The number of halogens is 1. The molecule has 2 aliphatic rings. The zero-order valence-corrected chi connectivity index (χ0v) is 15.5. The first-order valence-corrected chi connectivity index (χ1v) is 9.09. The maximum absolute atomic E-state index is 5.92. The molecule has 1 aromatic rings. The minimum Gasteiger partial charge on any atom is -0.493 e. The van der Waals surface area contributed by atoms with Gasteiger partial charge in [-0.3, -0.25) is 4.90 Å². The number of nitrogens with zero attached hydrogens (tertiary/aromatic N) is 1. The SMILES string of the molecule is COc1cc(C2=CNC(N)C(Br)=C2)ccc1OCCN1CCCC1. The summed E-state index contributed by atoms with van der Waals surface area (Å²) < 4.78 is 12.3. The molecule has 0 amide bonds. The molecular formula is C18H24BrN3O2. The van der Waals surface area contributed by atoms with Crippen molar-refractivity contribution in [3.63, 3.8) is 0 Å². The molecule has 6 heteroatoms. The van der Waals surface area contributed by atoms with Crippen molar-refractivity contribution in [1.29, 1.82) is 0 Å². The Morgan fingerprint density at radius 2 is 2.08 bits per heavy atom. The molecule has 0 aromatic heterocycles. The third kappa shape index (κ3) is 4.12. The average Bonchev–Trinajstić information content (AvgIpc) is 3.11. The highest BCUT2D eigenvalue weighted by atomic mass is 79.9. The molecule has 1 aromatic carbocycles. The maximum Gasteiger partial charge on any atom is 0.161 e.